The van der Waals surface area contributed by atoms with Crippen LogP contribution >= 0.6 is 38.9 Å². The number of thiazole rings is 1. The van der Waals surface area contributed by atoms with Crippen molar-refractivity contribution in [2.45, 2.75) is 6.92 Å². The molecule has 0 radical (unpaired) electrons. The smallest absolute Gasteiger partial charge is 0.0907 e. The summed E-state index contributed by atoms with van der Waals surface area (Å²) >= 11 is 11.2. The molecule has 0 atom stereocenters. The van der Waals surface area contributed by atoms with E-state index in [1.54, 1.807) is 11.3 Å². The van der Waals surface area contributed by atoms with Crippen molar-refractivity contribution in [3.63, 3.8) is 0 Å². The summed E-state index contributed by atoms with van der Waals surface area (Å²) in [6.45, 7) is 1.99. The maximum absolute atomic E-state index is 6.21. The van der Waals surface area contributed by atoms with E-state index in [1.807, 2.05) is 37.3 Å². The van der Waals surface area contributed by atoms with Gasteiger partial charge in [-0.1, -0.05) is 27.5 Å². The molecule has 0 aliphatic carbocycles. The number of fused-ring (bicyclic) bond motifs is 1. The highest BCUT2D eigenvalue weighted by Crippen LogP contribution is 2.34. The molecule has 0 fully saturated rings. The topological polar surface area (TPSA) is 50.9 Å². The monoisotopic (exact) mass is 367 g/mol. The van der Waals surface area contributed by atoms with Crippen LogP contribution in [-0.2, 0) is 0 Å². The molecule has 0 bridgehead atoms. The van der Waals surface area contributed by atoms with Gasteiger partial charge in [-0.2, -0.15) is 0 Å². The number of aryl methyl sites for hydroxylation is 1. The molecule has 6 heteroatoms. The van der Waals surface area contributed by atoms with Gasteiger partial charge in [-0.05, 0) is 37.3 Å². The minimum absolute atomic E-state index is 0.633. The van der Waals surface area contributed by atoms with Crippen molar-refractivity contribution in [3.8, 4) is 0 Å². The number of nitrogen functional groups attached to an aromatic ring is 1. The lowest BCUT2D eigenvalue weighted by Crippen LogP contribution is -1.96. The van der Waals surface area contributed by atoms with Crippen molar-refractivity contribution < 1.29 is 0 Å². The average Bonchev–Trinajstić information content (AvgIpc) is 2.72. The molecule has 3 aromatic rings. The second-order valence-corrected chi connectivity index (χ2v) is 6.95. The van der Waals surface area contributed by atoms with E-state index in [4.69, 9.17) is 17.3 Å². The van der Waals surface area contributed by atoms with E-state index in [-0.39, 0.29) is 0 Å². The predicted octanol–water partition coefficient (Wildman–Crippen LogP) is 5.35. The molecule has 3 N–H and O–H groups in total. The van der Waals surface area contributed by atoms with Crippen molar-refractivity contribution >= 4 is 66.1 Å². The normalized spacial score (nSPS) is 10.9. The Bertz CT molecular complexity index is 800. The zero-order valence-electron chi connectivity index (χ0n) is 10.6. The van der Waals surface area contributed by atoms with Gasteiger partial charge in [-0.3, -0.25) is 0 Å². The second kappa shape index (κ2) is 5.24. The third-order valence-corrected chi connectivity index (χ3v) is 4.61. The molecule has 2 aromatic carbocycles. The van der Waals surface area contributed by atoms with Crippen LogP contribution in [0.5, 0.6) is 0 Å². The summed E-state index contributed by atoms with van der Waals surface area (Å²) in [7, 11) is 0. The van der Waals surface area contributed by atoms with Crippen LogP contribution in [0.15, 0.2) is 34.8 Å². The Morgan fingerprint density at radius 2 is 2.05 bits per heavy atom. The number of aromatic nitrogens is 1. The van der Waals surface area contributed by atoms with Crippen LogP contribution in [0.2, 0.25) is 5.02 Å². The first-order valence-corrected chi connectivity index (χ1v) is 7.90. The van der Waals surface area contributed by atoms with E-state index in [0.717, 1.165) is 31.1 Å². The van der Waals surface area contributed by atoms with Crippen molar-refractivity contribution in [3.05, 3.63) is 44.8 Å². The van der Waals surface area contributed by atoms with Crippen molar-refractivity contribution in [1.82, 2.24) is 4.98 Å². The van der Waals surface area contributed by atoms with Crippen LogP contribution in [0.3, 0.4) is 0 Å². The molecule has 0 saturated heterocycles. The summed E-state index contributed by atoms with van der Waals surface area (Å²) in [4.78, 5) is 4.48. The number of nitrogens with zero attached hydrogens (tertiary/aromatic N) is 1. The molecule has 102 valence electrons. The van der Waals surface area contributed by atoms with Gasteiger partial charge < -0.3 is 11.1 Å². The first-order valence-electron chi connectivity index (χ1n) is 5.91. The van der Waals surface area contributed by atoms with Gasteiger partial charge in [0, 0.05) is 4.47 Å². The Labute approximate surface area is 133 Å². The number of halogens is 2. The van der Waals surface area contributed by atoms with Gasteiger partial charge in [-0.25, -0.2) is 4.98 Å². The average molecular weight is 369 g/mol. The number of anilines is 3. The van der Waals surface area contributed by atoms with Crippen molar-refractivity contribution in [2.24, 2.45) is 0 Å². The maximum Gasteiger partial charge on any atom is 0.0907 e. The highest BCUT2D eigenvalue weighted by molar-refractivity contribution is 9.10. The van der Waals surface area contributed by atoms with Crippen LogP contribution in [0.25, 0.3) is 10.2 Å². The fourth-order valence-electron chi connectivity index (χ4n) is 1.95. The molecule has 0 saturated carbocycles. The van der Waals surface area contributed by atoms with E-state index < -0.39 is 0 Å². The first-order chi connectivity index (χ1) is 9.52. The van der Waals surface area contributed by atoms with Crippen LogP contribution in [0, 0.1) is 6.92 Å². The summed E-state index contributed by atoms with van der Waals surface area (Å²) in [5.41, 5.74) is 9.34. The Morgan fingerprint density at radius 1 is 1.25 bits per heavy atom. The highest BCUT2D eigenvalue weighted by Gasteiger charge is 2.08. The third kappa shape index (κ3) is 2.61. The quantitative estimate of drug-likeness (QED) is 0.600. The maximum atomic E-state index is 6.21. The van der Waals surface area contributed by atoms with Crippen LogP contribution in [0.4, 0.5) is 17.1 Å². The molecule has 0 unspecified atom stereocenters. The van der Waals surface area contributed by atoms with E-state index in [1.165, 1.54) is 0 Å². The Hall–Kier alpha value is -1.30. The molecular weight excluding hydrogens is 358 g/mol. The summed E-state index contributed by atoms with van der Waals surface area (Å²) in [6.07, 6.45) is 0. The number of rotatable bonds is 2. The van der Waals surface area contributed by atoms with Gasteiger partial charge >= 0.3 is 0 Å². The minimum atomic E-state index is 0.633. The molecular formula is C14H11BrClN3S. The van der Waals surface area contributed by atoms with E-state index >= 15 is 0 Å². The van der Waals surface area contributed by atoms with E-state index in [9.17, 15) is 0 Å². The number of benzene rings is 2. The molecule has 0 amide bonds. The van der Waals surface area contributed by atoms with Gasteiger partial charge in [-0.15, -0.1) is 11.3 Å². The third-order valence-electron chi connectivity index (χ3n) is 2.87. The zero-order chi connectivity index (χ0) is 14.3. The lowest BCUT2D eigenvalue weighted by molar-refractivity contribution is 1.35. The van der Waals surface area contributed by atoms with Crippen LogP contribution < -0.4 is 11.1 Å². The Kier molecular flexibility index (Phi) is 3.58. The lowest BCUT2D eigenvalue weighted by atomic mass is 10.2. The molecule has 0 aliphatic rings. The van der Waals surface area contributed by atoms with Gasteiger partial charge in [0.05, 0.1) is 37.3 Å². The van der Waals surface area contributed by atoms with Gasteiger partial charge in [0.25, 0.3) is 0 Å². The summed E-state index contributed by atoms with van der Waals surface area (Å²) < 4.78 is 2.03. The summed E-state index contributed by atoms with van der Waals surface area (Å²) in [6, 6.07) is 9.56. The Morgan fingerprint density at radius 3 is 2.80 bits per heavy atom. The number of nitrogens with one attached hydrogen (secondary N) is 1. The second-order valence-electron chi connectivity index (χ2n) is 4.39. The lowest BCUT2D eigenvalue weighted by Gasteiger charge is -2.11. The molecule has 3 nitrogen and oxygen atoms in total. The van der Waals surface area contributed by atoms with Gasteiger partial charge in [0.15, 0.2) is 0 Å². The summed E-state index contributed by atoms with van der Waals surface area (Å²) in [5, 5.41) is 4.91. The van der Waals surface area contributed by atoms with E-state index in [0.29, 0.717) is 10.7 Å². The van der Waals surface area contributed by atoms with Crippen LogP contribution in [0.1, 0.15) is 5.01 Å². The molecule has 1 heterocycles. The number of hydrogen-bond donors (Lipinski definition) is 2. The molecule has 1 aromatic heterocycles. The minimum Gasteiger partial charge on any atom is -0.397 e. The van der Waals surface area contributed by atoms with Gasteiger partial charge in [0.1, 0.15) is 0 Å². The molecule has 0 aliphatic heterocycles. The van der Waals surface area contributed by atoms with Crippen LogP contribution in [-0.4, -0.2) is 4.98 Å². The largest absolute Gasteiger partial charge is 0.397 e. The standard InChI is InChI=1S/C14H11BrClN3S/c1-7-18-13-6-12(10(17)5-14(13)20-7)19-11-3-2-8(15)4-9(11)16/h2-6,19H,17H2,1H3. The van der Waals surface area contributed by atoms with Crippen molar-refractivity contribution in [1.29, 1.82) is 0 Å². The molecule has 3 rings (SSSR count). The molecule has 20 heavy (non-hydrogen) atoms. The number of hydrogen-bond acceptors (Lipinski definition) is 4. The molecule has 0 spiro atoms. The highest BCUT2D eigenvalue weighted by atomic mass is 79.9. The predicted molar refractivity (Wildman–Crippen MR) is 91.2 cm³/mol. The fraction of sp³-hybridized carbons (Fsp3) is 0.0714. The Balaban J connectivity index is 2.03. The zero-order valence-corrected chi connectivity index (χ0v) is 13.7. The summed E-state index contributed by atoms with van der Waals surface area (Å²) in [5.74, 6) is 0. The van der Waals surface area contributed by atoms with Crippen molar-refractivity contribution in [2.75, 3.05) is 11.1 Å². The first kappa shape index (κ1) is 13.7. The number of nitrogens with two attached hydrogens (primary N) is 1. The van der Waals surface area contributed by atoms with Gasteiger partial charge in [0.2, 0.25) is 0 Å². The SMILES string of the molecule is Cc1nc2cc(Nc3ccc(Br)cc3Cl)c(N)cc2s1. The van der Waals surface area contributed by atoms with E-state index in [2.05, 4.69) is 26.2 Å². The fourth-order valence-corrected chi connectivity index (χ4v) is 3.53.